The molecule has 0 fully saturated rings. The van der Waals surface area contributed by atoms with Gasteiger partial charge in [0.2, 0.25) is 5.91 Å². The number of hydrogen-bond donors (Lipinski definition) is 3. The Hall–Kier alpha value is -2.05. The highest BCUT2D eigenvalue weighted by Crippen LogP contribution is 2.13. The number of nitrogens with one attached hydrogen (secondary N) is 3. The van der Waals surface area contributed by atoms with E-state index in [4.69, 9.17) is 0 Å². The first-order chi connectivity index (χ1) is 10.2. The van der Waals surface area contributed by atoms with Gasteiger partial charge in [0.05, 0.1) is 12.2 Å². The number of nitrogens with zero attached hydrogens (tertiary/aromatic N) is 2. The Balaban J connectivity index is 2.43. The van der Waals surface area contributed by atoms with Crippen molar-refractivity contribution in [3.63, 3.8) is 0 Å². The minimum Gasteiger partial charge on any atom is -0.352 e. The number of aryl methyl sites for hydroxylation is 2. The highest BCUT2D eigenvalue weighted by atomic mass is 16.2. The van der Waals surface area contributed by atoms with Gasteiger partial charge in [-0.15, -0.1) is 0 Å². The second kappa shape index (κ2) is 7.82. The number of carbonyl (C=O) groups is 2. The molecule has 1 rings (SSSR count). The lowest BCUT2D eigenvalue weighted by atomic mass is 10.1. The molecule has 3 N–H and O–H groups in total. The van der Waals surface area contributed by atoms with Crippen molar-refractivity contribution in [1.82, 2.24) is 25.7 Å². The molecule has 1 aromatic rings. The molecule has 0 aliphatic carbocycles. The van der Waals surface area contributed by atoms with E-state index in [1.54, 1.807) is 0 Å². The second-order valence-corrected chi connectivity index (χ2v) is 5.93. The number of amides is 3. The SMILES string of the molecule is Cc1nn(C)c(C)c1C[C@H](C)NC(=O)NCC(=O)NC(C)C. The van der Waals surface area contributed by atoms with E-state index in [0.29, 0.717) is 6.42 Å². The van der Waals surface area contributed by atoms with Gasteiger partial charge in [-0.2, -0.15) is 5.10 Å². The molecule has 22 heavy (non-hydrogen) atoms. The third-order valence-electron chi connectivity index (χ3n) is 3.41. The first-order valence-corrected chi connectivity index (χ1v) is 7.53. The molecule has 0 unspecified atom stereocenters. The highest BCUT2D eigenvalue weighted by Gasteiger charge is 2.15. The highest BCUT2D eigenvalue weighted by molar-refractivity contribution is 5.84. The van der Waals surface area contributed by atoms with Gasteiger partial charge in [0.15, 0.2) is 0 Å². The number of aromatic nitrogens is 2. The summed E-state index contributed by atoms with van der Waals surface area (Å²) in [4.78, 5) is 23.2. The van der Waals surface area contributed by atoms with Crippen molar-refractivity contribution in [2.75, 3.05) is 6.54 Å². The molecular weight excluding hydrogens is 282 g/mol. The quantitative estimate of drug-likeness (QED) is 0.726. The predicted molar refractivity (Wildman–Crippen MR) is 85.7 cm³/mol. The lowest BCUT2D eigenvalue weighted by Gasteiger charge is -2.15. The van der Waals surface area contributed by atoms with Crippen LogP contribution < -0.4 is 16.0 Å². The Labute approximate surface area is 131 Å². The van der Waals surface area contributed by atoms with Gasteiger partial charge in [-0.05, 0) is 46.6 Å². The van der Waals surface area contributed by atoms with Crippen LogP contribution in [0.15, 0.2) is 0 Å². The zero-order valence-electron chi connectivity index (χ0n) is 14.3. The summed E-state index contributed by atoms with van der Waals surface area (Å²) in [7, 11) is 1.91. The maximum absolute atomic E-state index is 11.8. The van der Waals surface area contributed by atoms with Gasteiger partial charge in [-0.25, -0.2) is 4.79 Å². The molecule has 0 bridgehead atoms. The monoisotopic (exact) mass is 309 g/mol. The molecule has 0 saturated heterocycles. The van der Waals surface area contributed by atoms with Crippen LogP contribution in [0.5, 0.6) is 0 Å². The summed E-state index contributed by atoms with van der Waals surface area (Å²) in [6.45, 7) is 9.63. The van der Waals surface area contributed by atoms with E-state index < -0.39 is 0 Å². The molecule has 0 spiro atoms. The summed E-state index contributed by atoms with van der Waals surface area (Å²) in [5.41, 5.74) is 3.22. The van der Waals surface area contributed by atoms with E-state index in [0.717, 1.165) is 17.0 Å². The van der Waals surface area contributed by atoms with Gasteiger partial charge in [0.25, 0.3) is 0 Å². The molecule has 1 heterocycles. The van der Waals surface area contributed by atoms with Crippen molar-refractivity contribution in [2.24, 2.45) is 7.05 Å². The zero-order valence-corrected chi connectivity index (χ0v) is 14.3. The Morgan fingerprint density at radius 2 is 1.82 bits per heavy atom. The molecule has 0 aliphatic heterocycles. The van der Waals surface area contributed by atoms with Crippen molar-refractivity contribution in [3.05, 3.63) is 17.0 Å². The number of carbonyl (C=O) groups excluding carboxylic acids is 2. The summed E-state index contributed by atoms with van der Waals surface area (Å²) in [5.74, 6) is -0.197. The molecule has 0 aliphatic rings. The Kier molecular flexibility index (Phi) is 6.39. The third kappa shape index (κ3) is 5.38. The van der Waals surface area contributed by atoms with Gasteiger partial charge < -0.3 is 16.0 Å². The van der Waals surface area contributed by atoms with Crippen LogP contribution in [0.1, 0.15) is 37.7 Å². The molecule has 124 valence electrons. The number of hydrogen-bond acceptors (Lipinski definition) is 3. The smallest absolute Gasteiger partial charge is 0.315 e. The molecule has 0 radical (unpaired) electrons. The third-order valence-corrected chi connectivity index (χ3v) is 3.41. The molecule has 7 nitrogen and oxygen atoms in total. The Morgan fingerprint density at radius 1 is 1.18 bits per heavy atom. The Bertz CT molecular complexity index is 536. The van der Waals surface area contributed by atoms with E-state index in [-0.39, 0.29) is 30.6 Å². The fourth-order valence-corrected chi connectivity index (χ4v) is 2.28. The van der Waals surface area contributed by atoms with Crippen LogP contribution in [-0.4, -0.2) is 40.3 Å². The molecule has 1 aromatic heterocycles. The largest absolute Gasteiger partial charge is 0.352 e. The van der Waals surface area contributed by atoms with Gasteiger partial charge in [-0.3, -0.25) is 9.48 Å². The maximum atomic E-state index is 11.8. The summed E-state index contributed by atoms with van der Waals surface area (Å²) in [6, 6.07) is -0.326. The lowest BCUT2D eigenvalue weighted by Crippen LogP contribution is -2.46. The average molecular weight is 309 g/mol. The minimum atomic E-state index is -0.342. The lowest BCUT2D eigenvalue weighted by molar-refractivity contribution is -0.120. The van der Waals surface area contributed by atoms with Crippen molar-refractivity contribution in [2.45, 2.75) is 53.1 Å². The van der Waals surface area contributed by atoms with Crippen LogP contribution in [-0.2, 0) is 18.3 Å². The molecule has 0 saturated carbocycles. The van der Waals surface area contributed by atoms with Crippen LogP contribution in [0, 0.1) is 13.8 Å². The molecule has 0 aromatic carbocycles. The summed E-state index contributed by atoms with van der Waals surface area (Å²) in [6.07, 6.45) is 0.705. The van der Waals surface area contributed by atoms with Gasteiger partial charge in [-0.1, -0.05) is 0 Å². The van der Waals surface area contributed by atoms with E-state index in [2.05, 4.69) is 21.0 Å². The molecule has 1 atom stereocenters. The average Bonchev–Trinajstić information content (AvgIpc) is 2.62. The standard InChI is InChI=1S/C15H27N5O2/c1-9(2)17-14(21)8-16-15(22)18-10(3)7-13-11(4)19-20(6)12(13)5/h9-10H,7-8H2,1-6H3,(H,17,21)(H2,16,18,22)/t10-/m0/s1. The van der Waals surface area contributed by atoms with E-state index in [1.807, 2.05) is 46.3 Å². The number of rotatable bonds is 6. The van der Waals surface area contributed by atoms with Crippen molar-refractivity contribution >= 4 is 11.9 Å². The first kappa shape index (κ1) is 18.0. The van der Waals surface area contributed by atoms with E-state index >= 15 is 0 Å². The fourth-order valence-electron chi connectivity index (χ4n) is 2.28. The molecule has 3 amide bonds. The summed E-state index contributed by atoms with van der Waals surface area (Å²) >= 11 is 0. The minimum absolute atomic E-state index is 0.0261. The van der Waals surface area contributed by atoms with Crippen LogP contribution >= 0.6 is 0 Å². The van der Waals surface area contributed by atoms with Crippen molar-refractivity contribution < 1.29 is 9.59 Å². The van der Waals surface area contributed by atoms with E-state index in [9.17, 15) is 9.59 Å². The number of urea groups is 1. The molecular formula is C15H27N5O2. The van der Waals surface area contributed by atoms with Crippen LogP contribution in [0.4, 0.5) is 4.79 Å². The molecule has 7 heteroatoms. The fraction of sp³-hybridized carbons (Fsp3) is 0.667. The Morgan fingerprint density at radius 3 is 2.32 bits per heavy atom. The van der Waals surface area contributed by atoms with Gasteiger partial charge >= 0.3 is 6.03 Å². The van der Waals surface area contributed by atoms with Crippen molar-refractivity contribution in [3.8, 4) is 0 Å². The second-order valence-electron chi connectivity index (χ2n) is 5.93. The topological polar surface area (TPSA) is 88.1 Å². The predicted octanol–water partition coefficient (Wildman–Crippen LogP) is 0.792. The first-order valence-electron chi connectivity index (χ1n) is 7.53. The normalized spacial score (nSPS) is 12.1. The van der Waals surface area contributed by atoms with Crippen LogP contribution in [0.25, 0.3) is 0 Å². The summed E-state index contributed by atoms with van der Waals surface area (Å²) < 4.78 is 1.84. The zero-order chi connectivity index (χ0) is 16.9. The summed E-state index contributed by atoms with van der Waals surface area (Å²) in [5, 5.41) is 12.5. The van der Waals surface area contributed by atoms with Crippen molar-refractivity contribution in [1.29, 1.82) is 0 Å². The maximum Gasteiger partial charge on any atom is 0.315 e. The van der Waals surface area contributed by atoms with Gasteiger partial charge in [0.1, 0.15) is 0 Å². The van der Waals surface area contributed by atoms with E-state index in [1.165, 1.54) is 0 Å². The van der Waals surface area contributed by atoms with Gasteiger partial charge in [0, 0.05) is 24.8 Å². The van der Waals surface area contributed by atoms with Crippen LogP contribution in [0.3, 0.4) is 0 Å². The van der Waals surface area contributed by atoms with Crippen LogP contribution in [0.2, 0.25) is 0 Å².